The summed E-state index contributed by atoms with van der Waals surface area (Å²) in [5.74, 6) is 0. The van der Waals surface area contributed by atoms with Crippen LogP contribution in [0.2, 0.25) is 0 Å². The Balaban J connectivity index is 2.32. The highest BCUT2D eigenvalue weighted by Crippen LogP contribution is 1.95. The normalized spacial score (nSPS) is 12.7. The first-order valence-electron chi connectivity index (χ1n) is 4.84. The Bertz CT molecular complexity index is 240. The van der Waals surface area contributed by atoms with Crippen molar-refractivity contribution < 1.29 is 4.74 Å². The Morgan fingerprint density at radius 2 is 2.43 bits per heavy atom. The zero-order valence-corrected chi connectivity index (χ0v) is 8.73. The molecule has 1 rings (SSSR count). The summed E-state index contributed by atoms with van der Waals surface area (Å²) in [4.78, 5) is 8.00. The number of rotatable bonds is 6. The highest BCUT2D eigenvalue weighted by molar-refractivity contribution is 4.97. The van der Waals surface area contributed by atoms with Crippen molar-refractivity contribution in [3.63, 3.8) is 0 Å². The van der Waals surface area contributed by atoms with E-state index >= 15 is 0 Å². The van der Waals surface area contributed by atoms with Crippen molar-refractivity contribution in [3.05, 3.63) is 24.3 Å². The van der Waals surface area contributed by atoms with Gasteiger partial charge < -0.3 is 10.1 Å². The molecule has 0 bridgehead atoms. The second-order valence-corrected chi connectivity index (χ2v) is 3.14. The van der Waals surface area contributed by atoms with Crippen molar-refractivity contribution in [3.8, 4) is 0 Å². The molecule has 0 aromatic carbocycles. The van der Waals surface area contributed by atoms with E-state index in [1.165, 1.54) is 0 Å². The average molecular weight is 195 g/mol. The van der Waals surface area contributed by atoms with Gasteiger partial charge in [-0.3, -0.25) is 0 Å². The summed E-state index contributed by atoms with van der Waals surface area (Å²) < 4.78 is 5.09. The number of hydrogen-bond donors (Lipinski definition) is 1. The summed E-state index contributed by atoms with van der Waals surface area (Å²) >= 11 is 0. The number of hydrogen-bond acceptors (Lipinski definition) is 4. The molecule has 1 heterocycles. The minimum absolute atomic E-state index is 0.398. The van der Waals surface area contributed by atoms with Crippen LogP contribution in [-0.4, -0.2) is 29.7 Å². The van der Waals surface area contributed by atoms with Crippen molar-refractivity contribution in [2.24, 2.45) is 0 Å². The van der Waals surface area contributed by atoms with Gasteiger partial charge in [-0.2, -0.15) is 0 Å². The van der Waals surface area contributed by atoms with Crippen LogP contribution in [-0.2, 0) is 11.3 Å². The molecule has 1 atom stereocenters. The van der Waals surface area contributed by atoms with Gasteiger partial charge in [-0.25, -0.2) is 9.97 Å². The van der Waals surface area contributed by atoms with Crippen LogP contribution in [0.4, 0.5) is 0 Å². The van der Waals surface area contributed by atoms with Crippen LogP contribution in [0.5, 0.6) is 0 Å². The van der Waals surface area contributed by atoms with Crippen LogP contribution in [0, 0.1) is 0 Å². The van der Waals surface area contributed by atoms with Gasteiger partial charge >= 0.3 is 0 Å². The van der Waals surface area contributed by atoms with Gasteiger partial charge in [0.05, 0.1) is 12.3 Å². The van der Waals surface area contributed by atoms with Crippen molar-refractivity contribution in [2.75, 3.05) is 13.7 Å². The number of aromatic nitrogens is 2. The Morgan fingerprint density at radius 1 is 1.57 bits per heavy atom. The standard InChI is InChI=1S/C10H17N3O/c1-3-9(7-14-2)12-6-10-4-5-11-8-13-10/h4-5,8-9,12H,3,6-7H2,1-2H3. The smallest absolute Gasteiger partial charge is 0.115 e. The van der Waals surface area contributed by atoms with E-state index in [-0.39, 0.29) is 0 Å². The summed E-state index contributed by atoms with van der Waals surface area (Å²) in [5.41, 5.74) is 1.01. The van der Waals surface area contributed by atoms with Gasteiger partial charge in [0.1, 0.15) is 6.33 Å². The Labute approximate surface area is 84.7 Å². The fraction of sp³-hybridized carbons (Fsp3) is 0.600. The Morgan fingerprint density at radius 3 is 3.00 bits per heavy atom. The van der Waals surface area contributed by atoms with E-state index < -0.39 is 0 Å². The maximum Gasteiger partial charge on any atom is 0.115 e. The molecule has 0 amide bonds. The van der Waals surface area contributed by atoms with Gasteiger partial charge in [0.25, 0.3) is 0 Å². The lowest BCUT2D eigenvalue weighted by Gasteiger charge is -2.15. The Hall–Kier alpha value is -1.00. The van der Waals surface area contributed by atoms with Crippen molar-refractivity contribution >= 4 is 0 Å². The van der Waals surface area contributed by atoms with E-state index in [4.69, 9.17) is 4.74 Å². The summed E-state index contributed by atoms with van der Waals surface area (Å²) in [6.07, 6.45) is 4.37. The minimum atomic E-state index is 0.398. The summed E-state index contributed by atoms with van der Waals surface area (Å²) in [7, 11) is 1.72. The summed E-state index contributed by atoms with van der Waals surface area (Å²) in [5, 5.41) is 3.37. The molecule has 0 fully saturated rings. The zero-order valence-electron chi connectivity index (χ0n) is 8.73. The lowest BCUT2D eigenvalue weighted by atomic mass is 10.2. The predicted molar refractivity (Wildman–Crippen MR) is 54.8 cm³/mol. The van der Waals surface area contributed by atoms with Crippen LogP contribution in [0.3, 0.4) is 0 Å². The maximum absolute atomic E-state index is 5.09. The topological polar surface area (TPSA) is 47.0 Å². The van der Waals surface area contributed by atoms with Crippen LogP contribution < -0.4 is 5.32 Å². The third-order valence-electron chi connectivity index (χ3n) is 2.08. The molecule has 1 aromatic rings. The zero-order chi connectivity index (χ0) is 10.2. The highest BCUT2D eigenvalue weighted by atomic mass is 16.5. The molecule has 4 heteroatoms. The third-order valence-corrected chi connectivity index (χ3v) is 2.08. The largest absolute Gasteiger partial charge is 0.383 e. The monoisotopic (exact) mass is 195 g/mol. The van der Waals surface area contributed by atoms with Gasteiger partial charge in [-0.05, 0) is 12.5 Å². The molecule has 0 aliphatic rings. The predicted octanol–water partition coefficient (Wildman–Crippen LogP) is 0.991. The summed E-state index contributed by atoms with van der Waals surface area (Å²) in [6, 6.07) is 2.31. The van der Waals surface area contributed by atoms with Gasteiger partial charge in [0.2, 0.25) is 0 Å². The number of nitrogens with zero attached hydrogens (tertiary/aromatic N) is 2. The fourth-order valence-electron chi connectivity index (χ4n) is 1.19. The summed E-state index contributed by atoms with van der Waals surface area (Å²) in [6.45, 7) is 3.64. The average Bonchev–Trinajstić information content (AvgIpc) is 2.25. The van der Waals surface area contributed by atoms with Crippen LogP contribution in [0.25, 0.3) is 0 Å². The molecular weight excluding hydrogens is 178 g/mol. The minimum Gasteiger partial charge on any atom is -0.383 e. The lowest BCUT2D eigenvalue weighted by molar-refractivity contribution is 0.163. The number of ether oxygens (including phenoxy) is 1. The van der Waals surface area contributed by atoms with E-state index in [0.717, 1.165) is 25.3 Å². The van der Waals surface area contributed by atoms with E-state index in [9.17, 15) is 0 Å². The second-order valence-electron chi connectivity index (χ2n) is 3.14. The Kier molecular flexibility index (Phi) is 5.11. The highest BCUT2D eigenvalue weighted by Gasteiger charge is 2.04. The third kappa shape index (κ3) is 3.81. The van der Waals surface area contributed by atoms with E-state index in [0.29, 0.717) is 6.04 Å². The SMILES string of the molecule is CCC(COC)NCc1ccncn1. The number of nitrogens with one attached hydrogen (secondary N) is 1. The van der Waals surface area contributed by atoms with Crippen LogP contribution >= 0.6 is 0 Å². The molecule has 0 radical (unpaired) electrons. The molecule has 1 unspecified atom stereocenters. The van der Waals surface area contributed by atoms with Crippen LogP contribution in [0.15, 0.2) is 18.6 Å². The molecule has 0 saturated heterocycles. The molecule has 14 heavy (non-hydrogen) atoms. The molecule has 0 aliphatic heterocycles. The molecule has 0 aliphatic carbocycles. The molecule has 0 spiro atoms. The quantitative estimate of drug-likeness (QED) is 0.735. The first-order chi connectivity index (χ1) is 6.86. The molecule has 1 aromatic heterocycles. The van der Waals surface area contributed by atoms with Gasteiger partial charge in [-0.15, -0.1) is 0 Å². The molecule has 4 nitrogen and oxygen atoms in total. The van der Waals surface area contributed by atoms with Crippen LogP contribution in [0.1, 0.15) is 19.0 Å². The second kappa shape index (κ2) is 6.45. The molecule has 0 saturated carbocycles. The van der Waals surface area contributed by atoms with E-state index in [1.807, 2.05) is 6.07 Å². The van der Waals surface area contributed by atoms with Crippen molar-refractivity contribution in [1.29, 1.82) is 0 Å². The van der Waals surface area contributed by atoms with Gasteiger partial charge in [0.15, 0.2) is 0 Å². The van der Waals surface area contributed by atoms with E-state index in [1.54, 1.807) is 19.6 Å². The van der Waals surface area contributed by atoms with Crippen molar-refractivity contribution in [1.82, 2.24) is 15.3 Å². The maximum atomic E-state index is 5.09. The van der Waals surface area contributed by atoms with Gasteiger partial charge in [0, 0.05) is 25.9 Å². The van der Waals surface area contributed by atoms with Crippen molar-refractivity contribution in [2.45, 2.75) is 25.9 Å². The van der Waals surface area contributed by atoms with Gasteiger partial charge in [-0.1, -0.05) is 6.92 Å². The molecule has 78 valence electrons. The first-order valence-corrected chi connectivity index (χ1v) is 4.84. The first kappa shape index (κ1) is 11.1. The molecular formula is C10H17N3O. The van der Waals surface area contributed by atoms with E-state index in [2.05, 4.69) is 22.2 Å². The fourth-order valence-corrected chi connectivity index (χ4v) is 1.19. The number of methoxy groups -OCH3 is 1. The lowest BCUT2D eigenvalue weighted by Crippen LogP contribution is -2.32. The molecule has 1 N–H and O–H groups in total.